The van der Waals surface area contributed by atoms with E-state index in [-0.39, 0.29) is 5.41 Å². The van der Waals surface area contributed by atoms with E-state index >= 15 is 0 Å². The molecular formula is C52H36N2O. The topological polar surface area (TPSA) is 23.0 Å². The first-order valence-corrected chi connectivity index (χ1v) is 19.2. The predicted molar refractivity (Wildman–Crippen MR) is 230 cm³/mol. The van der Waals surface area contributed by atoms with Crippen molar-refractivity contribution in [2.45, 2.75) is 26.2 Å². The van der Waals surface area contributed by atoms with E-state index in [0.717, 1.165) is 33.1 Å². The van der Waals surface area contributed by atoms with Gasteiger partial charge in [-0.3, -0.25) is 0 Å². The lowest BCUT2D eigenvalue weighted by Gasteiger charge is -2.21. The molecule has 3 aromatic heterocycles. The van der Waals surface area contributed by atoms with Gasteiger partial charge in [-0.05, 0) is 119 Å². The Bertz CT molecular complexity index is 3410. The molecule has 260 valence electrons. The molecule has 8 aromatic carbocycles. The third-order valence-electron chi connectivity index (χ3n) is 12.3. The number of nitrogens with zero attached hydrogens (tertiary/aromatic N) is 2. The van der Waals surface area contributed by atoms with E-state index in [0.29, 0.717) is 0 Å². The molecule has 1 aliphatic carbocycles. The molecule has 0 aliphatic heterocycles. The highest BCUT2D eigenvalue weighted by molar-refractivity contribution is 6.18. The van der Waals surface area contributed by atoms with Crippen LogP contribution in [0.25, 0.3) is 99.2 Å². The molecular weight excluding hydrogens is 669 g/mol. The summed E-state index contributed by atoms with van der Waals surface area (Å²) in [6.45, 7) is 6.91. The van der Waals surface area contributed by atoms with Gasteiger partial charge in [0.05, 0.1) is 22.1 Å². The maximum Gasteiger partial charge on any atom is 0.137 e. The smallest absolute Gasteiger partial charge is 0.137 e. The molecule has 12 rings (SSSR count). The minimum absolute atomic E-state index is 0.0815. The highest BCUT2D eigenvalue weighted by Crippen LogP contribution is 2.51. The molecule has 3 heterocycles. The fraction of sp³-hybridized carbons (Fsp3) is 0.0769. The average molecular weight is 705 g/mol. The van der Waals surface area contributed by atoms with Crippen LogP contribution in [0.5, 0.6) is 0 Å². The number of hydrogen-bond acceptors (Lipinski definition) is 1. The Labute approximate surface area is 318 Å². The number of aryl methyl sites for hydroxylation is 1. The third kappa shape index (κ3) is 4.21. The first-order chi connectivity index (χ1) is 26.9. The molecule has 55 heavy (non-hydrogen) atoms. The van der Waals surface area contributed by atoms with E-state index in [2.05, 4.69) is 188 Å². The van der Waals surface area contributed by atoms with Crippen LogP contribution in [0, 0.1) is 6.92 Å². The van der Waals surface area contributed by atoms with Gasteiger partial charge >= 0.3 is 0 Å². The molecule has 0 saturated carbocycles. The fourth-order valence-corrected chi connectivity index (χ4v) is 9.71. The van der Waals surface area contributed by atoms with Crippen LogP contribution in [0.4, 0.5) is 0 Å². The van der Waals surface area contributed by atoms with Gasteiger partial charge < -0.3 is 13.6 Å². The summed E-state index contributed by atoms with van der Waals surface area (Å²) < 4.78 is 11.2. The van der Waals surface area contributed by atoms with Crippen molar-refractivity contribution in [3.8, 4) is 33.6 Å². The Kier molecular flexibility index (Phi) is 6.05. The standard InChI is InChI=1S/C52H36N2O/c1-31-12-11-15-35(24-31)54-47-23-21-33(25-39(47)41-27-38-36-16-7-9-18-44(36)52(2,3)45(38)29-48(41)54)32-20-22-46-40(26-32)42-28-43-37-17-8-10-19-50(37)55-51(43)30-49(42)53(46)34-13-5-4-6-14-34/h4-30H,1-3H3. The molecule has 0 N–H and O–H groups in total. The molecule has 3 heteroatoms. The van der Waals surface area contributed by atoms with Crippen LogP contribution in [0.1, 0.15) is 30.5 Å². The predicted octanol–water partition coefficient (Wildman–Crippen LogP) is 14.1. The summed E-state index contributed by atoms with van der Waals surface area (Å²) in [6, 6.07) is 60.4. The summed E-state index contributed by atoms with van der Waals surface area (Å²) in [7, 11) is 0. The Hall–Kier alpha value is -6.84. The molecule has 0 fully saturated rings. The number of para-hydroxylation sites is 2. The molecule has 0 spiro atoms. The monoisotopic (exact) mass is 704 g/mol. The van der Waals surface area contributed by atoms with Crippen molar-refractivity contribution >= 4 is 65.6 Å². The van der Waals surface area contributed by atoms with Crippen LogP contribution in [0.3, 0.4) is 0 Å². The highest BCUT2D eigenvalue weighted by Gasteiger charge is 2.36. The van der Waals surface area contributed by atoms with Gasteiger partial charge in [0.1, 0.15) is 11.2 Å². The molecule has 0 bridgehead atoms. The molecule has 0 atom stereocenters. The summed E-state index contributed by atoms with van der Waals surface area (Å²) >= 11 is 0. The molecule has 0 unspecified atom stereocenters. The van der Waals surface area contributed by atoms with Crippen LogP contribution in [0.15, 0.2) is 168 Å². The van der Waals surface area contributed by atoms with Gasteiger partial charge in [-0.2, -0.15) is 0 Å². The highest BCUT2D eigenvalue weighted by atomic mass is 16.3. The summed E-state index contributed by atoms with van der Waals surface area (Å²) in [5, 5.41) is 7.27. The fourth-order valence-electron chi connectivity index (χ4n) is 9.71. The van der Waals surface area contributed by atoms with Crippen molar-refractivity contribution in [3.05, 3.63) is 180 Å². The maximum atomic E-state index is 6.40. The number of benzene rings is 8. The SMILES string of the molecule is Cc1cccc(-n2c3ccc(-c4ccc5c(c4)c4cc6c(cc4n5-c4ccccc4)oc4ccccc46)cc3c3cc4c(cc32)C(C)(C)c2ccccc2-4)c1. The van der Waals surface area contributed by atoms with E-state index < -0.39 is 0 Å². The quantitative estimate of drug-likeness (QED) is 0.180. The Balaban J connectivity index is 1.12. The second kappa shape index (κ2) is 10.9. The van der Waals surface area contributed by atoms with Crippen LogP contribution in [-0.2, 0) is 5.41 Å². The van der Waals surface area contributed by atoms with Crippen molar-refractivity contribution in [1.29, 1.82) is 0 Å². The zero-order valence-electron chi connectivity index (χ0n) is 30.9. The minimum Gasteiger partial charge on any atom is -0.456 e. The molecule has 0 saturated heterocycles. The lowest BCUT2D eigenvalue weighted by molar-refractivity contribution is 0.661. The number of furan rings is 1. The number of rotatable bonds is 3. The summed E-state index contributed by atoms with van der Waals surface area (Å²) in [6.07, 6.45) is 0. The van der Waals surface area contributed by atoms with Gasteiger partial charge in [0, 0.05) is 55.2 Å². The van der Waals surface area contributed by atoms with Gasteiger partial charge in [0.25, 0.3) is 0 Å². The molecule has 1 aliphatic rings. The van der Waals surface area contributed by atoms with E-state index in [1.807, 2.05) is 6.07 Å². The lowest BCUT2D eigenvalue weighted by Crippen LogP contribution is -2.14. The van der Waals surface area contributed by atoms with Crippen LogP contribution in [0.2, 0.25) is 0 Å². The van der Waals surface area contributed by atoms with Crippen molar-refractivity contribution in [1.82, 2.24) is 9.13 Å². The first kappa shape index (κ1) is 30.6. The van der Waals surface area contributed by atoms with Gasteiger partial charge in [-0.1, -0.05) is 98.8 Å². The first-order valence-electron chi connectivity index (χ1n) is 19.2. The summed E-state index contributed by atoms with van der Waals surface area (Å²) in [4.78, 5) is 0. The van der Waals surface area contributed by atoms with Crippen molar-refractivity contribution < 1.29 is 4.42 Å². The van der Waals surface area contributed by atoms with Crippen molar-refractivity contribution in [2.24, 2.45) is 0 Å². The Morgan fingerprint density at radius 3 is 1.82 bits per heavy atom. The van der Waals surface area contributed by atoms with Gasteiger partial charge in [0.2, 0.25) is 0 Å². The van der Waals surface area contributed by atoms with E-state index in [1.165, 1.54) is 82.7 Å². The van der Waals surface area contributed by atoms with Gasteiger partial charge in [-0.25, -0.2) is 0 Å². The van der Waals surface area contributed by atoms with Gasteiger partial charge in [0.15, 0.2) is 0 Å². The molecule has 0 amide bonds. The lowest BCUT2D eigenvalue weighted by atomic mass is 9.82. The number of aromatic nitrogens is 2. The minimum atomic E-state index is -0.0815. The van der Waals surface area contributed by atoms with Crippen LogP contribution in [-0.4, -0.2) is 9.13 Å². The second-order valence-corrected chi connectivity index (χ2v) is 15.9. The normalized spacial score (nSPS) is 13.5. The van der Waals surface area contributed by atoms with Crippen molar-refractivity contribution in [2.75, 3.05) is 0 Å². The maximum absolute atomic E-state index is 6.40. The van der Waals surface area contributed by atoms with Gasteiger partial charge in [-0.15, -0.1) is 0 Å². The van der Waals surface area contributed by atoms with E-state index in [4.69, 9.17) is 4.42 Å². The average Bonchev–Trinajstić information content (AvgIpc) is 3.91. The second-order valence-electron chi connectivity index (χ2n) is 15.9. The largest absolute Gasteiger partial charge is 0.456 e. The third-order valence-corrected chi connectivity index (χ3v) is 12.3. The zero-order chi connectivity index (χ0) is 36.6. The van der Waals surface area contributed by atoms with E-state index in [9.17, 15) is 0 Å². The molecule has 3 nitrogen and oxygen atoms in total. The number of fused-ring (bicyclic) bond motifs is 12. The molecule has 0 radical (unpaired) electrons. The van der Waals surface area contributed by atoms with E-state index in [1.54, 1.807) is 0 Å². The Morgan fingerprint density at radius 1 is 0.400 bits per heavy atom. The summed E-state index contributed by atoms with van der Waals surface area (Å²) in [5.41, 5.74) is 18.0. The summed E-state index contributed by atoms with van der Waals surface area (Å²) in [5.74, 6) is 0. The van der Waals surface area contributed by atoms with Crippen LogP contribution >= 0.6 is 0 Å². The van der Waals surface area contributed by atoms with Crippen LogP contribution < -0.4 is 0 Å². The van der Waals surface area contributed by atoms with Crippen molar-refractivity contribution in [3.63, 3.8) is 0 Å². The molecule has 11 aromatic rings. The number of hydrogen-bond donors (Lipinski definition) is 0. The zero-order valence-corrected chi connectivity index (χ0v) is 30.9. The Morgan fingerprint density at radius 2 is 1.04 bits per heavy atom.